The summed E-state index contributed by atoms with van der Waals surface area (Å²) < 4.78 is 11.3. The van der Waals surface area contributed by atoms with Crippen LogP contribution in [0.4, 0.5) is 0 Å². The Kier molecular flexibility index (Phi) is 11.2. The molecule has 0 radical (unpaired) electrons. The van der Waals surface area contributed by atoms with Gasteiger partial charge in [0.2, 0.25) is 0 Å². The van der Waals surface area contributed by atoms with E-state index in [1.165, 1.54) is 19.3 Å². The highest BCUT2D eigenvalue weighted by Crippen LogP contribution is 2.17. The first-order valence-electron chi connectivity index (χ1n) is 8.73. The molecule has 0 aliphatic rings. The minimum Gasteiger partial charge on any atom is -0.466 e. The monoisotopic (exact) mass is 398 g/mol. The molecule has 0 saturated carbocycles. The fraction of sp³-hybridized carbons (Fsp3) is 0.579. The lowest BCUT2D eigenvalue weighted by molar-refractivity contribution is -0.144. The zero-order valence-electron chi connectivity index (χ0n) is 14.4. The highest BCUT2D eigenvalue weighted by molar-refractivity contribution is 9.10. The van der Waals surface area contributed by atoms with Crippen molar-refractivity contribution in [3.8, 4) is 5.75 Å². The van der Waals surface area contributed by atoms with Gasteiger partial charge in [-0.15, -0.1) is 0 Å². The van der Waals surface area contributed by atoms with Gasteiger partial charge in [-0.3, -0.25) is 9.59 Å². The number of ether oxygens (including phenoxy) is 2. The summed E-state index contributed by atoms with van der Waals surface area (Å²) in [5, 5.41) is 0. The van der Waals surface area contributed by atoms with Crippen LogP contribution in [0.15, 0.2) is 28.7 Å². The van der Waals surface area contributed by atoms with Gasteiger partial charge in [0.05, 0.1) is 6.61 Å². The van der Waals surface area contributed by atoms with E-state index in [0.717, 1.165) is 17.3 Å². The average Bonchev–Trinajstić information content (AvgIpc) is 2.57. The summed E-state index contributed by atoms with van der Waals surface area (Å²) in [5.74, 6) is 0.0825. The number of halogens is 1. The number of carbonyl (C=O) groups excluding carboxylic acids is 2. The zero-order chi connectivity index (χ0) is 17.6. The first-order valence-corrected chi connectivity index (χ1v) is 9.53. The van der Waals surface area contributed by atoms with Gasteiger partial charge in [-0.05, 0) is 43.5 Å². The van der Waals surface area contributed by atoms with E-state index in [1.54, 1.807) is 12.1 Å². The van der Waals surface area contributed by atoms with Crippen LogP contribution in [-0.2, 0) is 14.3 Å². The van der Waals surface area contributed by atoms with Gasteiger partial charge in [-0.1, -0.05) is 48.5 Å². The Morgan fingerprint density at radius 1 is 0.875 bits per heavy atom. The van der Waals surface area contributed by atoms with Crippen LogP contribution in [0.2, 0.25) is 0 Å². The van der Waals surface area contributed by atoms with Crippen molar-refractivity contribution in [3.05, 3.63) is 28.7 Å². The molecular formula is C19H27BrO4. The second kappa shape index (κ2) is 13.0. The van der Waals surface area contributed by atoms with Gasteiger partial charge in [-0.2, -0.15) is 0 Å². The van der Waals surface area contributed by atoms with Crippen LogP contribution in [-0.4, -0.2) is 18.5 Å². The Hall–Kier alpha value is -1.36. The van der Waals surface area contributed by atoms with E-state index >= 15 is 0 Å². The summed E-state index contributed by atoms with van der Waals surface area (Å²) in [6.07, 6.45) is 7.64. The molecule has 0 atom stereocenters. The minimum absolute atomic E-state index is 0.174. The fourth-order valence-electron chi connectivity index (χ4n) is 2.19. The molecule has 24 heavy (non-hydrogen) atoms. The van der Waals surface area contributed by atoms with Crippen LogP contribution in [0.5, 0.6) is 5.75 Å². The molecule has 0 heterocycles. The molecule has 0 bridgehead atoms. The van der Waals surface area contributed by atoms with E-state index in [4.69, 9.17) is 9.47 Å². The number of benzene rings is 1. The Morgan fingerprint density at radius 2 is 1.50 bits per heavy atom. The van der Waals surface area contributed by atoms with Crippen LogP contribution in [0.3, 0.4) is 0 Å². The molecule has 0 aromatic heterocycles. The largest absolute Gasteiger partial charge is 0.466 e. The lowest BCUT2D eigenvalue weighted by atomic mass is 10.2. The lowest BCUT2D eigenvalue weighted by Crippen LogP contribution is -2.09. The van der Waals surface area contributed by atoms with Crippen LogP contribution in [0.1, 0.15) is 64.7 Å². The van der Waals surface area contributed by atoms with Crippen LogP contribution < -0.4 is 4.74 Å². The molecule has 0 aliphatic carbocycles. The van der Waals surface area contributed by atoms with Crippen molar-refractivity contribution >= 4 is 27.9 Å². The number of hydrogen-bond acceptors (Lipinski definition) is 4. The van der Waals surface area contributed by atoms with E-state index < -0.39 is 0 Å². The summed E-state index contributed by atoms with van der Waals surface area (Å²) in [5.41, 5.74) is 0. The maximum Gasteiger partial charge on any atom is 0.311 e. The van der Waals surface area contributed by atoms with Gasteiger partial charge in [0.25, 0.3) is 0 Å². The normalized spacial score (nSPS) is 10.4. The van der Waals surface area contributed by atoms with Crippen molar-refractivity contribution in [1.29, 1.82) is 0 Å². The molecule has 134 valence electrons. The molecule has 1 aromatic carbocycles. The van der Waals surface area contributed by atoms with Gasteiger partial charge >= 0.3 is 11.9 Å². The average molecular weight is 399 g/mol. The van der Waals surface area contributed by atoms with Crippen molar-refractivity contribution in [2.45, 2.75) is 64.7 Å². The van der Waals surface area contributed by atoms with Crippen LogP contribution >= 0.6 is 15.9 Å². The van der Waals surface area contributed by atoms with Crippen LogP contribution in [0, 0.1) is 0 Å². The Morgan fingerprint density at radius 3 is 2.17 bits per heavy atom. The standard InChI is InChI=1S/C19H27BrO4/c1-2-3-4-5-8-15-23-18(21)9-6-7-10-19(22)24-17-13-11-16(20)12-14-17/h11-14H,2-10,15H2,1H3. The Bertz CT molecular complexity index is 485. The summed E-state index contributed by atoms with van der Waals surface area (Å²) in [6.45, 7) is 2.68. The van der Waals surface area contributed by atoms with Gasteiger partial charge in [-0.25, -0.2) is 0 Å². The van der Waals surface area contributed by atoms with E-state index in [-0.39, 0.29) is 11.9 Å². The quantitative estimate of drug-likeness (QED) is 0.267. The van der Waals surface area contributed by atoms with E-state index in [2.05, 4.69) is 22.9 Å². The zero-order valence-corrected chi connectivity index (χ0v) is 16.0. The minimum atomic E-state index is -0.276. The number of esters is 2. The Labute approximate surface area is 153 Å². The highest BCUT2D eigenvalue weighted by atomic mass is 79.9. The maximum absolute atomic E-state index is 11.7. The van der Waals surface area contributed by atoms with Crippen molar-refractivity contribution in [3.63, 3.8) is 0 Å². The van der Waals surface area contributed by atoms with Crippen molar-refractivity contribution < 1.29 is 19.1 Å². The summed E-state index contributed by atoms with van der Waals surface area (Å²) in [6, 6.07) is 7.11. The summed E-state index contributed by atoms with van der Waals surface area (Å²) >= 11 is 3.33. The van der Waals surface area contributed by atoms with E-state index in [0.29, 0.717) is 38.0 Å². The molecule has 1 aromatic rings. The molecule has 0 spiro atoms. The SMILES string of the molecule is CCCCCCCOC(=O)CCCCC(=O)Oc1ccc(Br)cc1. The summed E-state index contributed by atoms with van der Waals surface area (Å²) in [7, 11) is 0. The number of rotatable bonds is 12. The van der Waals surface area contributed by atoms with Gasteiger partial charge in [0, 0.05) is 17.3 Å². The number of carbonyl (C=O) groups is 2. The first kappa shape index (κ1) is 20.7. The number of unbranched alkanes of at least 4 members (excludes halogenated alkanes) is 5. The van der Waals surface area contributed by atoms with Gasteiger partial charge in [0.15, 0.2) is 0 Å². The third-order valence-electron chi connectivity index (χ3n) is 3.57. The molecule has 4 nitrogen and oxygen atoms in total. The van der Waals surface area contributed by atoms with Crippen molar-refractivity contribution in [1.82, 2.24) is 0 Å². The van der Waals surface area contributed by atoms with Crippen molar-refractivity contribution in [2.75, 3.05) is 6.61 Å². The molecule has 5 heteroatoms. The van der Waals surface area contributed by atoms with Crippen molar-refractivity contribution in [2.24, 2.45) is 0 Å². The second-order valence-corrected chi connectivity index (χ2v) is 6.69. The molecule has 0 amide bonds. The third-order valence-corrected chi connectivity index (χ3v) is 4.10. The van der Waals surface area contributed by atoms with Gasteiger partial charge < -0.3 is 9.47 Å². The van der Waals surface area contributed by atoms with E-state index in [9.17, 15) is 9.59 Å². The maximum atomic E-state index is 11.7. The fourth-order valence-corrected chi connectivity index (χ4v) is 2.45. The molecule has 0 aliphatic heterocycles. The first-order chi connectivity index (χ1) is 11.6. The third kappa shape index (κ3) is 10.4. The Balaban J connectivity index is 2.01. The van der Waals surface area contributed by atoms with Gasteiger partial charge in [0.1, 0.15) is 5.75 Å². The smallest absolute Gasteiger partial charge is 0.311 e. The lowest BCUT2D eigenvalue weighted by Gasteiger charge is -2.06. The molecule has 0 fully saturated rings. The molecule has 0 unspecified atom stereocenters. The molecular weight excluding hydrogens is 372 g/mol. The molecule has 1 rings (SSSR count). The number of hydrogen-bond donors (Lipinski definition) is 0. The highest BCUT2D eigenvalue weighted by Gasteiger charge is 2.07. The topological polar surface area (TPSA) is 52.6 Å². The predicted octanol–water partition coefficient (Wildman–Crippen LogP) is 5.43. The molecule has 0 saturated heterocycles. The predicted molar refractivity (Wildman–Crippen MR) is 98.0 cm³/mol. The molecule has 0 N–H and O–H groups in total. The summed E-state index contributed by atoms with van der Waals surface area (Å²) in [4.78, 5) is 23.2. The second-order valence-electron chi connectivity index (χ2n) is 5.77. The van der Waals surface area contributed by atoms with E-state index in [1.807, 2.05) is 12.1 Å². The van der Waals surface area contributed by atoms with Crippen LogP contribution in [0.25, 0.3) is 0 Å².